The van der Waals surface area contributed by atoms with Gasteiger partial charge in [0.2, 0.25) is 0 Å². The van der Waals surface area contributed by atoms with Crippen molar-refractivity contribution in [1.82, 2.24) is 9.97 Å². The third-order valence-electron chi connectivity index (χ3n) is 1.95. The smallest absolute Gasteiger partial charge is 0.335 e. The molecule has 18 heavy (non-hydrogen) atoms. The van der Waals surface area contributed by atoms with E-state index in [9.17, 15) is 4.79 Å². The van der Waals surface area contributed by atoms with Crippen molar-refractivity contribution >= 4 is 5.97 Å². The molecule has 0 aliphatic carbocycles. The molecule has 0 amide bonds. The first-order valence-corrected chi connectivity index (χ1v) is 4.86. The highest BCUT2D eigenvalue weighted by Crippen LogP contribution is 2.35. The van der Waals surface area contributed by atoms with Crippen LogP contribution in [0.1, 0.15) is 16.2 Å². The number of carboxylic acids is 1. The SMILES string of the molecule is Cc1ncc[nH]1.O=C(O)c1cc(O)c(O)c(O)c1. The van der Waals surface area contributed by atoms with Crippen molar-refractivity contribution in [2.45, 2.75) is 6.92 Å². The first-order chi connectivity index (χ1) is 8.41. The minimum atomic E-state index is -1.29. The highest BCUT2D eigenvalue weighted by Gasteiger charge is 2.11. The van der Waals surface area contributed by atoms with Gasteiger partial charge in [0.15, 0.2) is 17.2 Å². The number of aryl methyl sites for hydroxylation is 1. The number of phenols is 3. The normalized spacial score (nSPS) is 9.39. The van der Waals surface area contributed by atoms with Crippen LogP contribution < -0.4 is 0 Å². The molecule has 7 heteroatoms. The van der Waals surface area contributed by atoms with E-state index in [-0.39, 0.29) is 5.56 Å². The topological polar surface area (TPSA) is 127 Å². The predicted octanol–water partition coefficient (Wildman–Crippen LogP) is 1.22. The molecule has 5 N–H and O–H groups in total. The van der Waals surface area contributed by atoms with Gasteiger partial charge in [-0.2, -0.15) is 0 Å². The number of aromatic amines is 1. The molecule has 0 saturated heterocycles. The molecular formula is C11H12N2O5. The van der Waals surface area contributed by atoms with Crippen LogP contribution in [0.4, 0.5) is 0 Å². The Kier molecular flexibility index (Phi) is 4.14. The number of hydrogen-bond donors (Lipinski definition) is 5. The number of carboxylic acid groups (broad SMARTS) is 1. The zero-order valence-electron chi connectivity index (χ0n) is 9.45. The molecule has 1 aromatic heterocycles. The number of rotatable bonds is 1. The second kappa shape index (κ2) is 5.58. The van der Waals surface area contributed by atoms with Crippen LogP contribution in [0.2, 0.25) is 0 Å². The molecule has 2 rings (SSSR count). The van der Waals surface area contributed by atoms with Gasteiger partial charge in [0.05, 0.1) is 5.56 Å². The van der Waals surface area contributed by atoms with Crippen LogP contribution in [0, 0.1) is 6.92 Å². The summed E-state index contributed by atoms with van der Waals surface area (Å²) in [5.74, 6) is -2.37. The monoisotopic (exact) mass is 252 g/mol. The van der Waals surface area contributed by atoms with Crippen molar-refractivity contribution in [1.29, 1.82) is 0 Å². The largest absolute Gasteiger partial charge is 0.504 e. The molecule has 0 bridgehead atoms. The molecule has 1 heterocycles. The van der Waals surface area contributed by atoms with E-state index in [0.717, 1.165) is 18.0 Å². The summed E-state index contributed by atoms with van der Waals surface area (Å²) in [5.41, 5.74) is -0.289. The molecule has 0 unspecified atom stereocenters. The summed E-state index contributed by atoms with van der Waals surface area (Å²) < 4.78 is 0. The Hall–Kier alpha value is -2.70. The summed E-state index contributed by atoms with van der Waals surface area (Å²) in [6.45, 7) is 1.92. The molecule has 1 aromatic carbocycles. The Morgan fingerprint density at radius 1 is 1.22 bits per heavy atom. The number of imidazole rings is 1. The van der Waals surface area contributed by atoms with E-state index in [1.54, 1.807) is 12.4 Å². The summed E-state index contributed by atoms with van der Waals surface area (Å²) >= 11 is 0. The Morgan fingerprint density at radius 3 is 2.06 bits per heavy atom. The van der Waals surface area contributed by atoms with Gasteiger partial charge in [0, 0.05) is 12.4 Å². The van der Waals surface area contributed by atoms with Gasteiger partial charge in [0.1, 0.15) is 5.82 Å². The Bertz CT molecular complexity index is 513. The van der Waals surface area contributed by atoms with Crippen molar-refractivity contribution in [2.75, 3.05) is 0 Å². The summed E-state index contributed by atoms with van der Waals surface area (Å²) in [4.78, 5) is 17.1. The number of nitrogens with one attached hydrogen (secondary N) is 1. The first-order valence-electron chi connectivity index (χ1n) is 4.86. The van der Waals surface area contributed by atoms with Gasteiger partial charge in [-0.25, -0.2) is 9.78 Å². The number of aromatic carboxylic acids is 1. The molecule has 0 atom stereocenters. The van der Waals surface area contributed by atoms with E-state index in [0.29, 0.717) is 0 Å². The molecular weight excluding hydrogens is 240 g/mol. The van der Waals surface area contributed by atoms with Crippen molar-refractivity contribution < 1.29 is 25.2 Å². The van der Waals surface area contributed by atoms with Gasteiger partial charge in [-0.1, -0.05) is 0 Å². The number of H-pyrrole nitrogens is 1. The van der Waals surface area contributed by atoms with E-state index in [4.69, 9.17) is 20.4 Å². The van der Waals surface area contributed by atoms with Crippen LogP contribution in [-0.2, 0) is 0 Å². The fourth-order valence-electron chi connectivity index (χ4n) is 1.07. The van der Waals surface area contributed by atoms with Gasteiger partial charge in [-0.3, -0.25) is 0 Å². The van der Waals surface area contributed by atoms with Gasteiger partial charge in [-0.05, 0) is 19.1 Å². The number of nitrogens with zero attached hydrogens (tertiary/aromatic N) is 1. The number of aromatic nitrogens is 2. The summed E-state index contributed by atoms with van der Waals surface area (Å²) in [7, 11) is 0. The van der Waals surface area contributed by atoms with Gasteiger partial charge >= 0.3 is 5.97 Å². The Labute approximate surface area is 102 Å². The molecule has 0 radical (unpaired) electrons. The Morgan fingerprint density at radius 2 is 1.78 bits per heavy atom. The Balaban J connectivity index is 0.000000225. The fourth-order valence-corrected chi connectivity index (χ4v) is 1.07. The maximum absolute atomic E-state index is 10.3. The van der Waals surface area contributed by atoms with Crippen molar-refractivity contribution in [3.8, 4) is 17.2 Å². The first kappa shape index (κ1) is 13.4. The van der Waals surface area contributed by atoms with Crippen LogP contribution in [0.15, 0.2) is 24.5 Å². The molecule has 2 aromatic rings. The number of carbonyl (C=O) groups is 1. The van der Waals surface area contributed by atoms with Gasteiger partial charge < -0.3 is 25.4 Å². The number of phenolic OH excluding ortho intramolecular Hbond substituents is 3. The van der Waals surface area contributed by atoms with E-state index in [1.807, 2.05) is 6.92 Å². The lowest BCUT2D eigenvalue weighted by Gasteiger charge is -2.01. The van der Waals surface area contributed by atoms with E-state index < -0.39 is 23.2 Å². The molecule has 0 aliphatic rings. The van der Waals surface area contributed by atoms with Gasteiger partial charge in [0.25, 0.3) is 0 Å². The summed E-state index contributed by atoms with van der Waals surface area (Å²) in [6, 6.07) is 1.69. The van der Waals surface area contributed by atoms with E-state index in [2.05, 4.69) is 9.97 Å². The fraction of sp³-hybridized carbons (Fsp3) is 0.0909. The predicted molar refractivity (Wildman–Crippen MR) is 61.7 cm³/mol. The lowest BCUT2D eigenvalue weighted by molar-refractivity contribution is 0.0696. The van der Waals surface area contributed by atoms with Crippen LogP contribution in [-0.4, -0.2) is 36.4 Å². The van der Waals surface area contributed by atoms with Crippen LogP contribution in [0.3, 0.4) is 0 Å². The highest BCUT2D eigenvalue weighted by atomic mass is 16.4. The molecule has 0 fully saturated rings. The standard InChI is InChI=1S/C7H6O5.C4H6N2/c8-4-1-3(7(11)12)2-5(9)6(4)10;1-4-5-2-3-6-4/h1-2,8-10H,(H,11,12);2-3H,1H3,(H,5,6). The summed E-state index contributed by atoms with van der Waals surface area (Å²) in [6.07, 6.45) is 3.53. The molecule has 0 saturated carbocycles. The van der Waals surface area contributed by atoms with Crippen LogP contribution in [0.25, 0.3) is 0 Å². The quantitative estimate of drug-likeness (QED) is 0.486. The highest BCUT2D eigenvalue weighted by molar-refractivity contribution is 5.89. The van der Waals surface area contributed by atoms with Crippen LogP contribution in [0.5, 0.6) is 17.2 Å². The average molecular weight is 252 g/mol. The minimum absolute atomic E-state index is 0.289. The summed E-state index contributed by atoms with van der Waals surface area (Å²) in [5, 5.41) is 35.0. The molecule has 0 aliphatic heterocycles. The zero-order valence-corrected chi connectivity index (χ0v) is 9.45. The molecule has 96 valence electrons. The minimum Gasteiger partial charge on any atom is -0.504 e. The molecule has 7 nitrogen and oxygen atoms in total. The zero-order chi connectivity index (χ0) is 13.7. The second-order valence-electron chi connectivity index (χ2n) is 3.34. The van der Waals surface area contributed by atoms with E-state index in [1.165, 1.54) is 0 Å². The number of aromatic hydroxyl groups is 3. The maximum atomic E-state index is 10.3. The lowest BCUT2D eigenvalue weighted by atomic mass is 10.2. The van der Waals surface area contributed by atoms with E-state index >= 15 is 0 Å². The average Bonchev–Trinajstić information content (AvgIpc) is 2.77. The third kappa shape index (κ3) is 3.41. The van der Waals surface area contributed by atoms with Crippen LogP contribution >= 0.6 is 0 Å². The number of benzene rings is 1. The number of hydrogen-bond acceptors (Lipinski definition) is 5. The van der Waals surface area contributed by atoms with Gasteiger partial charge in [-0.15, -0.1) is 0 Å². The third-order valence-corrected chi connectivity index (χ3v) is 1.95. The lowest BCUT2D eigenvalue weighted by Crippen LogP contribution is -1.95. The van der Waals surface area contributed by atoms with Crippen molar-refractivity contribution in [3.05, 3.63) is 35.9 Å². The second-order valence-corrected chi connectivity index (χ2v) is 3.34. The van der Waals surface area contributed by atoms with Crippen molar-refractivity contribution in [3.63, 3.8) is 0 Å². The molecule has 0 spiro atoms. The van der Waals surface area contributed by atoms with Crippen molar-refractivity contribution in [2.24, 2.45) is 0 Å². The maximum Gasteiger partial charge on any atom is 0.335 e.